The molecule has 33 heavy (non-hydrogen) atoms. The number of nitrogens with one attached hydrogen (secondary N) is 1. The van der Waals surface area contributed by atoms with Gasteiger partial charge in [0.1, 0.15) is 18.1 Å². The third-order valence-electron chi connectivity index (χ3n) is 5.72. The lowest BCUT2D eigenvalue weighted by atomic mass is 9.92. The molecule has 170 valence electrons. The first-order valence-electron chi connectivity index (χ1n) is 11.2. The lowest BCUT2D eigenvalue weighted by molar-refractivity contribution is 0.104. The number of ketones is 1. The van der Waals surface area contributed by atoms with Gasteiger partial charge in [-0.1, -0.05) is 36.8 Å². The maximum absolute atomic E-state index is 13.8. The zero-order chi connectivity index (χ0) is 23.5. The van der Waals surface area contributed by atoms with Crippen LogP contribution in [0, 0.1) is 20.8 Å². The van der Waals surface area contributed by atoms with E-state index in [0.29, 0.717) is 11.5 Å². The van der Waals surface area contributed by atoms with Crippen LogP contribution in [-0.4, -0.2) is 30.6 Å². The molecule has 0 aliphatic carbocycles. The molecule has 2 N–H and O–H groups in total. The van der Waals surface area contributed by atoms with Gasteiger partial charge in [-0.25, -0.2) is 0 Å². The Morgan fingerprint density at radius 3 is 2.36 bits per heavy atom. The number of benzene rings is 3. The molecule has 0 aliphatic heterocycles. The molecule has 0 saturated heterocycles. The second-order valence-electron chi connectivity index (χ2n) is 8.32. The van der Waals surface area contributed by atoms with Crippen LogP contribution in [0.5, 0.6) is 11.5 Å². The van der Waals surface area contributed by atoms with Crippen molar-refractivity contribution < 1.29 is 14.6 Å². The lowest BCUT2D eigenvalue weighted by Gasteiger charge is -2.12. The first kappa shape index (κ1) is 23.0. The minimum absolute atomic E-state index is 0.0201. The number of aromatic hydroxyl groups is 1. The van der Waals surface area contributed by atoms with Crippen LogP contribution in [0.25, 0.3) is 21.2 Å². The van der Waals surface area contributed by atoms with Crippen molar-refractivity contribution in [1.29, 1.82) is 0 Å². The predicted molar refractivity (Wildman–Crippen MR) is 137 cm³/mol. The molecule has 0 spiro atoms. The van der Waals surface area contributed by atoms with Crippen molar-refractivity contribution in [2.45, 2.75) is 27.7 Å². The third-order valence-corrected chi connectivity index (χ3v) is 6.88. The molecule has 5 heteroatoms. The fraction of sp³-hybridized carbons (Fsp3) is 0.250. The molecule has 3 aromatic carbocycles. The number of rotatable bonds is 8. The van der Waals surface area contributed by atoms with Crippen LogP contribution in [0.1, 0.15) is 38.8 Å². The normalized spacial score (nSPS) is 11.2. The fourth-order valence-electron chi connectivity index (χ4n) is 4.32. The van der Waals surface area contributed by atoms with E-state index in [-0.39, 0.29) is 11.5 Å². The molecule has 1 aromatic heterocycles. The molecule has 0 fully saturated rings. The summed E-state index contributed by atoms with van der Waals surface area (Å²) in [7, 11) is 0. The smallest absolute Gasteiger partial charge is 0.204 e. The zero-order valence-corrected chi connectivity index (χ0v) is 20.3. The van der Waals surface area contributed by atoms with Gasteiger partial charge in [0, 0.05) is 27.8 Å². The Morgan fingerprint density at radius 1 is 1.00 bits per heavy atom. The Balaban J connectivity index is 1.78. The summed E-state index contributed by atoms with van der Waals surface area (Å²) in [5.74, 6) is 1.01. The van der Waals surface area contributed by atoms with Gasteiger partial charge >= 0.3 is 0 Å². The Hall–Kier alpha value is -3.15. The summed E-state index contributed by atoms with van der Waals surface area (Å²) in [4.78, 5) is 14.5. The van der Waals surface area contributed by atoms with Gasteiger partial charge in [0.05, 0.1) is 4.88 Å². The Labute approximate surface area is 198 Å². The van der Waals surface area contributed by atoms with Crippen molar-refractivity contribution in [3.63, 3.8) is 0 Å². The second kappa shape index (κ2) is 9.77. The predicted octanol–water partition coefficient (Wildman–Crippen LogP) is 6.42. The number of fused-ring (bicyclic) bond motifs is 1. The SMILES string of the molecule is CCNCCOc1ccc(-c2c(C(=O)c3c(C)cc(C)cc3C)sc3cc(O)ccc23)cc1. The largest absolute Gasteiger partial charge is 0.508 e. The van der Waals surface area contributed by atoms with Crippen LogP contribution < -0.4 is 10.1 Å². The molecular formula is C28H29NO3S. The van der Waals surface area contributed by atoms with E-state index >= 15 is 0 Å². The highest BCUT2D eigenvalue weighted by Crippen LogP contribution is 2.42. The van der Waals surface area contributed by atoms with Gasteiger partial charge in [-0.15, -0.1) is 11.3 Å². The van der Waals surface area contributed by atoms with Crippen LogP contribution in [0.15, 0.2) is 54.6 Å². The van der Waals surface area contributed by atoms with Gasteiger partial charge in [-0.05, 0) is 74.3 Å². The monoisotopic (exact) mass is 459 g/mol. The summed E-state index contributed by atoms with van der Waals surface area (Å²) in [5, 5.41) is 14.2. The fourth-order valence-corrected chi connectivity index (χ4v) is 5.52. The number of carbonyl (C=O) groups is 1. The number of phenolic OH excluding ortho intramolecular Hbond substituents is 1. The summed E-state index contributed by atoms with van der Waals surface area (Å²) in [5.41, 5.74) is 5.71. The first-order valence-corrected chi connectivity index (χ1v) is 12.0. The molecule has 0 saturated carbocycles. The highest BCUT2D eigenvalue weighted by Gasteiger charge is 2.24. The summed E-state index contributed by atoms with van der Waals surface area (Å²) in [6, 6.07) is 17.3. The quantitative estimate of drug-likeness (QED) is 0.236. The van der Waals surface area contributed by atoms with Crippen LogP contribution in [-0.2, 0) is 0 Å². The van der Waals surface area contributed by atoms with E-state index in [1.807, 2.05) is 51.1 Å². The molecule has 0 aliphatic rings. The molecule has 0 amide bonds. The average Bonchev–Trinajstić information content (AvgIpc) is 3.15. The topological polar surface area (TPSA) is 58.6 Å². The Morgan fingerprint density at radius 2 is 1.70 bits per heavy atom. The Kier molecular flexibility index (Phi) is 6.82. The van der Waals surface area contributed by atoms with Gasteiger partial charge in [-0.2, -0.15) is 0 Å². The zero-order valence-electron chi connectivity index (χ0n) is 19.5. The minimum Gasteiger partial charge on any atom is -0.508 e. The third kappa shape index (κ3) is 4.80. The van der Waals surface area contributed by atoms with Crippen LogP contribution in [0.4, 0.5) is 0 Å². The second-order valence-corrected chi connectivity index (χ2v) is 9.37. The number of ether oxygens (including phenoxy) is 1. The van der Waals surface area contributed by atoms with Crippen LogP contribution in [0.2, 0.25) is 0 Å². The van der Waals surface area contributed by atoms with E-state index in [2.05, 4.69) is 24.4 Å². The molecule has 4 nitrogen and oxygen atoms in total. The molecule has 4 rings (SSSR count). The lowest BCUT2D eigenvalue weighted by Crippen LogP contribution is -2.20. The number of phenols is 1. The number of likely N-dealkylation sites (N-methyl/N-ethyl adjacent to an activating group) is 1. The molecule has 1 heterocycles. The van der Waals surface area contributed by atoms with E-state index in [4.69, 9.17) is 4.74 Å². The van der Waals surface area contributed by atoms with E-state index in [9.17, 15) is 9.90 Å². The standard InChI is InChI=1S/C28H29NO3S/c1-5-29-12-13-32-22-9-6-20(7-10-22)26-23-11-8-21(30)16-24(23)33-28(26)27(31)25-18(3)14-17(2)15-19(25)4/h6-11,14-16,29-30H,5,12-13H2,1-4H3. The number of hydrogen-bond donors (Lipinski definition) is 2. The van der Waals surface area contributed by atoms with E-state index in [0.717, 1.165) is 62.3 Å². The van der Waals surface area contributed by atoms with Gasteiger partial charge in [-0.3, -0.25) is 4.79 Å². The highest BCUT2D eigenvalue weighted by atomic mass is 32.1. The number of carbonyl (C=O) groups excluding carboxylic acids is 1. The molecule has 4 aromatic rings. The van der Waals surface area contributed by atoms with Crippen molar-refractivity contribution in [2.75, 3.05) is 19.7 Å². The molecule has 0 unspecified atom stereocenters. The highest BCUT2D eigenvalue weighted by molar-refractivity contribution is 7.21. The minimum atomic E-state index is 0.0201. The molecule has 0 atom stereocenters. The van der Waals surface area contributed by atoms with E-state index < -0.39 is 0 Å². The number of thiophene rings is 1. The van der Waals surface area contributed by atoms with Crippen molar-refractivity contribution in [2.24, 2.45) is 0 Å². The van der Waals surface area contributed by atoms with Crippen molar-refractivity contribution in [1.82, 2.24) is 5.32 Å². The molecule has 0 radical (unpaired) electrons. The Bertz CT molecular complexity index is 1280. The molecule has 0 bridgehead atoms. The van der Waals surface area contributed by atoms with Crippen molar-refractivity contribution in [3.8, 4) is 22.6 Å². The maximum atomic E-state index is 13.8. The summed E-state index contributed by atoms with van der Waals surface area (Å²) >= 11 is 1.43. The van der Waals surface area contributed by atoms with Crippen LogP contribution in [0.3, 0.4) is 0 Å². The van der Waals surface area contributed by atoms with Gasteiger partial charge in [0.2, 0.25) is 5.78 Å². The van der Waals surface area contributed by atoms with Crippen molar-refractivity contribution >= 4 is 27.2 Å². The average molecular weight is 460 g/mol. The van der Waals surface area contributed by atoms with Gasteiger partial charge in [0.25, 0.3) is 0 Å². The first-order chi connectivity index (χ1) is 15.9. The summed E-state index contributed by atoms with van der Waals surface area (Å²) < 4.78 is 6.70. The van der Waals surface area contributed by atoms with Crippen LogP contribution >= 0.6 is 11.3 Å². The summed E-state index contributed by atoms with van der Waals surface area (Å²) in [6.45, 7) is 10.4. The number of hydrogen-bond acceptors (Lipinski definition) is 5. The maximum Gasteiger partial charge on any atom is 0.204 e. The van der Waals surface area contributed by atoms with Gasteiger partial charge in [0.15, 0.2) is 0 Å². The van der Waals surface area contributed by atoms with Crippen molar-refractivity contribution in [3.05, 3.63) is 81.7 Å². The van der Waals surface area contributed by atoms with E-state index in [1.165, 1.54) is 11.3 Å². The van der Waals surface area contributed by atoms with E-state index in [1.54, 1.807) is 12.1 Å². The van der Waals surface area contributed by atoms with Gasteiger partial charge < -0.3 is 15.2 Å². The summed E-state index contributed by atoms with van der Waals surface area (Å²) in [6.07, 6.45) is 0. The number of aryl methyl sites for hydroxylation is 3. The molecular weight excluding hydrogens is 430 g/mol.